The number of nitrogens with zero attached hydrogens (tertiary/aromatic N) is 2. The summed E-state index contributed by atoms with van der Waals surface area (Å²) in [7, 11) is 0. The first-order valence-electron chi connectivity index (χ1n) is 9.46. The smallest absolute Gasteiger partial charge is 0.168 e. The van der Waals surface area contributed by atoms with Crippen LogP contribution in [0.2, 0.25) is 0 Å². The van der Waals surface area contributed by atoms with Crippen LogP contribution in [0.25, 0.3) is 5.69 Å². The monoisotopic (exact) mass is 379 g/mol. The molecule has 0 bridgehead atoms. The van der Waals surface area contributed by atoms with Gasteiger partial charge < -0.3 is 10.1 Å². The maximum atomic E-state index is 13.3. The molecule has 0 fully saturated rings. The first-order valence-corrected chi connectivity index (χ1v) is 9.46. The number of benzene rings is 2. The Morgan fingerprint density at radius 1 is 1.14 bits per heavy atom. The number of rotatable bonds is 5. The topological polar surface area (TPSA) is 56.1 Å². The highest BCUT2D eigenvalue weighted by Crippen LogP contribution is 2.34. The lowest BCUT2D eigenvalue weighted by atomic mass is 9.87. The number of ether oxygens (including phenoxy) is 1. The summed E-state index contributed by atoms with van der Waals surface area (Å²) in [6.07, 6.45) is 1.25. The lowest BCUT2D eigenvalue weighted by molar-refractivity contribution is 0.0953. The van der Waals surface area contributed by atoms with E-state index in [0.717, 1.165) is 29.2 Å². The first-order chi connectivity index (χ1) is 13.5. The van der Waals surface area contributed by atoms with Crippen molar-refractivity contribution < 1.29 is 13.9 Å². The van der Waals surface area contributed by atoms with Crippen molar-refractivity contribution in [1.82, 2.24) is 9.78 Å². The minimum Gasteiger partial charge on any atom is -0.494 e. The van der Waals surface area contributed by atoms with E-state index in [1.165, 1.54) is 12.1 Å². The van der Waals surface area contributed by atoms with Gasteiger partial charge in [0.25, 0.3) is 0 Å². The summed E-state index contributed by atoms with van der Waals surface area (Å²) in [6, 6.07) is 13.7. The zero-order valence-electron chi connectivity index (χ0n) is 15.9. The van der Waals surface area contributed by atoms with Crippen molar-refractivity contribution in [2.75, 3.05) is 11.9 Å². The van der Waals surface area contributed by atoms with Gasteiger partial charge in [-0.3, -0.25) is 4.79 Å². The van der Waals surface area contributed by atoms with E-state index in [0.29, 0.717) is 24.4 Å². The molecule has 0 saturated heterocycles. The molecule has 1 aromatic heterocycles. The van der Waals surface area contributed by atoms with Crippen LogP contribution in [0.5, 0.6) is 5.75 Å². The van der Waals surface area contributed by atoms with Gasteiger partial charge >= 0.3 is 0 Å². The number of anilines is 2. The van der Waals surface area contributed by atoms with Gasteiger partial charge in [-0.1, -0.05) is 6.92 Å². The predicted molar refractivity (Wildman–Crippen MR) is 106 cm³/mol. The maximum Gasteiger partial charge on any atom is 0.168 e. The van der Waals surface area contributed by atoms with Gasteiger partial charge in [0.2, 0.25) is 0 Å². The molecule has 144 valence electrons. The molecule has 2 aromatic carbocycles. The van der Waals surface area contributed by atoms with Crippen LogP contribution in [-0.4, -0.2) is 22.2 Å². The zero-order valence-corrected chi connectivity index (χ0v) is 15.9. The van der Waals surface area contributed by atoms with Gasteiger partial charge in [-0.25, -0.2) is 9.07 Å². The van der Waals surface area contributed by atoms with Crippen molar-refractivity contribution in [1.29, 1.82) is 0 Å². The predicted octanol–water partition coefficient (Wildman–Crippen LogP) is 4.92. The van der Waals surface area contributed by atoms with E-state index in [9.17, 15) is 9.18 Å². The van der Waals surface area contributed by atoms with Crippen molar-refractivity contribution in [3.8, 4) is 11.4 Å². The molecular formula is C22H22FN3O2. The number of carbonyl (C=O) groups excluding carboxylic acids is 1. The summed E-state index contributed by atoms with van der Waals surface area (Å²) < 4.78 is 20.6. The van der Waals surface area contributed by atoms with Crippen LogP contribution in [-0.2, 0) is 6.42 Å². The molecule has 1 atom stereocenters. The number of aromatic nitrogens is 2. The Labute approximate surface area is 163 Å². The van der Waals surface area contributed by atoms with Gasteiger partial charge in [-0.2, -0.15) is 0 Å². The molecule has 4 rings (SSSR count). The Kier molecular flexibility index (Phi) is 4.86. The van der Waals surface area contributed by atoms with Gasteiger partial charge in [0.05, 0.1) is 23.6 Å². The summed E-state index contributed by atoms with van der Waals surface area (Å²) in [5.41, 5.74) is 3.04. The van der Waals surface area contributed by atoms with E-state index in [1.807, 2.05) is 31.2 Å². The van der Waals surface area contributed by atoms with Crippen LogP contribution in [0.3, 0.4) is 0 Å². The molecule has 0 saturated carbocycles. The Hall–Kier alpha value is -3.15. The molecule has 0 spiro atoms. The number of nitrogens with one attached hydrogen (secondary N) is 1. The third kappa shape index (κ3) is 3.50. The number of carbonyl (C=O) groups is 1. The van der Waals surface area contributed by atoms with E-state index in [4.69, 9.17) is 4.74 Å². The van der Waals surface area contributed by atoms with Crippen molar-refractivity contribution in [3.05, 3.63) is 65.6 Å². The lowest BCUT2D eigenvalue weighted by Gasteiger charge is -2.19. The Balaban J connectivity index is 1.74. The van der Waals surface area contributed by atoms with Crippen LogP contribution < -0.4 is 10.1 Å². The largest absolute Gasteiger partial charge is 0.494 e. The minimum absolute atomic E-state index is 0.0792. The quantitative estimate of drug-likeness (QED) is 0.684. The molecular weight excluding hydrogens is 357 g/mol. The SMILES string of the molecule is CCOc1ccc(Nc2nn(-c3ccc(F)cc3)c3c2C(=O)C[C@@H](C)C3)cc1. The molecule has 6 heteroatoms. The van der Waals surface area contributed by atoms with Crippen LogP contribution in [0, 0.1) is 11.7 Å². The van der Waals surface area contributed by atoms with Crippen molar-refractivity contribution in [2.45, 2.75) is 26.7 Å². The Morgan fingerprint density at radius 2 is 1.86 bits per heavy atom. The fourth-order valence-electron chi connectivity index (χ4n) is 3.58. The fourth-order valence-corrected chi connectivity index (χ4v) is 3.58. The molecule has 0 radical (unpaired) electrons. The second-order valence-electron chi connectivity index (χ2n) is 7.08. The summed E-state index contributed by atoms with van der Waals surface area (Å²) in [6.45, 7) is 4.60. The van der Waals surface area contributed by atoms with Crippen LogP contribution in [0.1, 0.15) is 36.3 Å². The molecule has 1 heterocycles. The highest BCUT2D eigenvalue weighted by atomic mass is 19.1. The van der Waals surface area contributed by atoms with Gasteiger partial charge in [0.1, 0.15) is 11.6 Å². The fraction of sp³-hybridized carbons (Fsp3) is 0.273. The molecule has 1 N–H and O–H groups in total. The third-order valence-electron chi connectivity index (χ3n) is 4.83. The molecule has 0 aliphatic heterocycles. The highest BCUT2D eigenvalue weighted by molar-refractivity contribution is 6.03. The summed E-state index contributed by atoms with van der Waals surface area (Å²) in [5.74, 6) is 1.34. The zero-order chi connectivity index (χ0) is 19.7. The molecule has 0 amide bonds. The van der Waals surface area contributed by atoms with Crippen LogP contribution >= 0.6 is 0 Å². The van der Waals surface area contributed by atoms with Gasteiger partial charge in [0.15, 0.2) is 11.6 Å². The molecule has 1 aliphatic rings. The first kappa shape index (κ1) is 18.2. The van der Waals surface area contributed by atoms with E-state index in [1.54, 1.807) is 16.8 Å². The Bertz CT molecular complexity index is 994. The van der Waals surface area contributed by atoms with Gasteiger partial charge in [-0.15, -0.1) is 5.10 Å². The van der Waals surface area contributed by atoms with E-state index in [-0.39, 0.29) is 17.5 Å². The second kappa shape index (κ2) is 7.46. The third-order valence-corrected chi connectivity index (χ3v) is 4.83. The molecule has 3 aromatic rings. The number of hydrogen-bond donors (Lipinski definition) is 1. The molecule has 1 aliphatic carbocycles. The molecule has 5 nitrogen and oxygen atoms in total. The summed E-state index contributed by atoms with van der Waals surface area (Å²) in [4.78, 5) is 12.8. The average molecular weight is 379 g/mol. The number of halogens is 1. The van der Waals surface area contributed by atoms with Crippen molar-refractivity contribution in [3.63, 3.8) is 0 Å². The van der Waals surface area contributed by atoms with Gasteiger partial charge in [-0.05, 0) is 67.8 Å². The Morgan fingerprint density at radius 3 is 2.54 bits per heavy atom. The number of ketones is 1. The van der Waals surface area contributed by atoms with Crippen LogP contribution in [0.15, 0.2) is 48.5 Å². The van der Waals surface area contributed by atoms with Crippen molar-refractivity contribution in [2.24, 2.45) is 5.92 Å². The molecule has 28 heavy (non-hydrogen) atoms. The summed E-state index contributed by atoms with van der Waals surface area (Å²) in [5, 5.41) is 7.93. The minimum atomic E-state index is -0.304. The van der Waals surface area contributed by atoms with Crippen LogP contribution in [0.4, 0.5) is 15.9 Å². The normalized spacial score (nSPS) is 16.0. The lowest BCUT2D eigenvalue weighted by Crippen LogP contribution is -2.19. The van der Waals surface area contributed by atoms with Gasteiger partial charge in [0, 0.05) is 12.1 Å². The average Bonchev–Trinajstić information content (AvgIpc) is 3.02. The standard InChI is InChI=1S/C22H22FN3O2/c1-3-28-18-10-6-16(7-11-18)24-22-21-19(12-14(2)13-20(21)27)26(25-22)17-8-4-15(23)5-9-17/h4-11,14H,3,12-13H2,1-2H3,(H,24,25)/t14-/m0/s1. The van der Waals surface area contributed by atoms with E-state index in [2.05, 4.69) is 17.3 Å². The second-order valence-corrected chi connectivity index (χ2v) is 7.08. The number of fused-ring (bicyclic) bond motifs is 1. The number of Topliss-reactive ketones (excluding diaryl/α,β-unsaturated/α-hetero) is 1. The number of hydrogen-bond acceptors (Lipinski definition) is 4. The highest BCUT2D eigenvalue weighted by Gasteiger charge is 2.31. The van der Waals surface area contributed by atoms with Crippen molar-refractivity contribution >= 4 is 17.3 Å². The van der Waals surface area contributed by atoms with E-state index >= 15 is 0 Å². The molecule has 0 unspecified atom stereocenters. The van der Waals surface area contributed by atoms with E-state index < -0.39 is 0 Å². The maximum absolute atomic E-state index is 13.3. The summed E-state index contributed by atoms with van der Waals surface area (Å²) >= 11 is 0.